The first-order chi connectivity index (χ1) is 10.8. The number of hydrogen-bond acceptors (Lipinski definition) is 3. The van der Waals surface area contributed by atoms with Gasteiger partial charge in [-0.1, -0.05) is 6.07 Å². The van der Waals surface area contributed by atoms with Crippen LogP contribution in [0.2, 0.25) is 0 Å². The number of amides is 2. The fourth-order valence-corrected chi connectivity index (χ4v) is 3.13. The molecule has 1 aromatic heterocycles. The van der Waals surface area contributed by atoms with Crippen molar-refractivity contribution in [1.29, 1.82) is 0 Å². The molecule has 0 bridgehead atoms. The van der Waals surface area contributed by atoms with Gasteiger partial charge in [0.2, 0.25) is 0 Å². The molecule has 0 saturated carbocycles. The third-order valence-corrected chi connectivity index (χ3v) is 4.33. The van der Waals surface area contributed by atoms with Crippen molar-refractivity contribution in [1.82, 2.24) is 15.5 Å². The molecule has 0 radical (unpaired) electrons. The molecule has 114 valence electrons. The summed E-state index contributed by atoms with van der Waals surface area (Å²) in [5.74, 6) is 0. The summed E-state index contributed by atoms with van der Waals surface area (Å²) in [7, 11) is 0. The van der Waals surface area contributed by atoms with Crippen molar-refractivity contribution in [3.63, 3.8) is 0 Å². The lowest BCUT2D eigenvalue weighted by molar-refractivity contribution is 0.134. The van der Waals surface area contributed by atoms with Crippen LogP contribution in [0.1, 0.15) is 28.8 Å². The molecule has 2 amide bonds. The fraction of sp³-hybridized carbons (Fsp3) is 0.375. The number of nitrogens with one attached hydrogen (secondary N) is 3. The average molecular weight is 298 g/mol. The highest BCUT2D eigenvalue weighted by Crippen LogP contribution is 2.23. The Kier molecular flexibility index (Phi) is 3.31. The van der Waals surface area contributed by atoms with E-state index >= 15 is 0 Å². The Bertz CT molecular complexity index is 710. The zero-order valence-electron chi connectivity index (χ0n) is 12.2. The van der Waals surface area contributed by atoms with Crippen LogP contribution in [0.4, 0.5) is 10.5 Å². The first-order valence-electron chi connectivity index (χ1n) is 7.56. The van der Waals surface area contributed by atoms with E-state index in [1.807, 2.05) is 24.4 Å². The number of rotatable bonds is 2. The van der Waals surface area contributed by atoms with Crippen LogP contribution >= 0.6 is 0 Å². The highest BCUT2D eigenvalue weighted by atomic mass is 16.5. The number of fused-ring (bicyclic) bond motifs is 2. The van der Waals surface area contributed by atoms with Crippen molar-refractivity contribution in [3.8, 4) is 0 Å². The van der Waals surface area contributed by atoms with Gasteiger partial charge in [0.05, 0.1) is 19.4 Å². The third-order valence-electron chi connectivity index (χ3n) is 4.33. The van der Waals surface area contributed by atoms with E-state index in [1.165, 1.54) is 11.1 Å². The second kappa shape index (κ2) is 5.46. The molecule has 1 aliphatic heterocycles. The van der Waals surface area contributed by atoms with E-state index in [9.17, 15) is 4.79 Å². The Morgan fingerprint density at radius 3 is 3.14 bits per heavy atom. The molecule has 1 aromatic carbocycles. The van der Waals surface area contributed by atoms with Gasteiger partial charge in [-0.2, -0.15) is 5.10 Å². The topological polar surface area (TPSA) is 79.0 Å². The number of nitrogens with zero attached hydrogens (tertiary/aromatic N) is 1. The number of carbonyl (C=O) groups is 1. The molecular weight excluding hydrogens is 280 g/mol. The van der Waals surface area contributed by atoms with Gasteiger partial charge in [-0.25, -0.2) is 4.79 Å². The highest BCUT2D eigenvalue weighted by Gasteiger charge is 2.21. The van der Waals surface area contributed by atoms with Crippen LogP contribution in [0.15, 0.2) is 24.4 Å². The van der Waals surface area contributed by atoms with Gasteiger partial charge >= 0.3 is 6.03 Å². The van der Waals surface area contributed by atoms with Crippen LogP contribution in [0.5, 0.6) is 0 Å². The maximum atomic E-state index is 12.2. The zero-order valence-corrected chi connectivity index (χ0v) is 12.2. The van der Waals surface area contributed by atoms with Crippen LogP contribution in [-0.2, 0) is 30.8 Å². The van der Waals surface area contributed by atoms with E-state index in [-0.39, 0.29) is 12.1 Å². The summed E-state index contributed by atoms with van der Waals surface area (Å²) >= 11 is 0. The molecule has 22 heavy (non-hydrogen) atoms. The van der Waals surface area contributed by atoms with E-state index in [0.717, 1.165) is 36.2 Å². The maximum absolute atomic E-state index is 12.2. The van der Waals surface area contributed by atoms with Gasteiger partial charge in [-0.3, -0.25) is 5.10 Å². The number of anilines is 1. The van der Waals surface area contributed by atoms with Gasteiger partial charge in [0, 0.05) is 23.8 Å². The lowest BCUT2D eigenvalue weighted by Gasteiger charge is -2.23. The Morgan fingerprint density at radius 1 is 1.27 bits per heavy atom. The van der Waals surface area contributed by atoms with Gasteiger partial charge in [0.15, 0.2) is 0 Å². The van der Waals surface area contributed by atoms with Crippen molar-refractivity contribution >= 4 is 11.7 Å². The molecule has 0 unspecified atom stereocenters. The number of aryl methyl sites for hydroxylation is 1. The van der Waals surface area contributed by atoms with E-state index in [4.69, 9.17) is 4.74 Å². The highest BCUT2D eigenvalue weighted by molar-refractivity contribution is 5.89. The third kappa shape index (κ3) is 2.57. The maximum Gasteiger partial charge on any atom is 0.319 e. The van der Waals surface area contributed by atoms with Crippen LogP contribution in [0.3, 0.4) is 0 Å². The minimum Gasteiger partial charge on any atom is -0.372 e. The second-order valence-electron chi connectivity index (χ2n) is 5.89. The van der Waals surface area contributed by atoms with Gasteiger partial charge < -0.3 is 15.4 Å². The summed E-state index contributed by atoms with van der Waals surface area (Å²) in [6, 6.07) is 5.89. The minimum atomic E-state index is -0.160. The molecule has 1 atom stereocenters. The van der Waals surface area contributed by atoms with Gasteiger partial charge in [-0.15, -0.1) is 0 Å². The standard InChI is InChI=1S/C16H18N4O2/c21-16(18-13-4-2-11-8-22-9-12(11)5-13)19-14-3-1-10-7-17-20-15(10)6-14/h2,4-5,7,14H,1,3,6,8-9H2,(H,17,20)(H2,18,19,21)/t14-/m0/s1. The Balaban J connectivity index is 1.37. The van der Waals surface area contributed by atoms with Gasteiger partial charge in [0.25, 0.3) is 0 Å². The fourth-order valence-electron chi connectivity index (χ4n) is 3.13. The number of aromatic nitrogens is 2. The molecule has 2 heterocycles. The summed E-state index contributed by atoms with van der Waals surface area (Å²) in [5.41, 5.74) is 5.55. The van der Waals surface area contributed by atoms with E-state index in [0.29, 0.717) is 13.2 Å². The molecule has 6 nitrogen and oxygen atoms in total. The molecule has 0 saturated heterocycles. The SMILES string of the molecule is O=C(Nc1ccc2c(c1)COC2)N[C@H]1CCc2cn[nH]c2C1. The van der Waals surface area contributed by atoms with Crippen molar-refractivity contribution in [2.75, 3.05) is 5.32 Å². The predicted octanol–water partition coefficient (Wildman–Crippen LogP) is 2.12. The molecule has 0 fully saturated rings. The molecule has 4 rings (SSSR count). The van der Waals surface area contributed by atoms with Crippen LogP contribution in [-0.4, -0.2) is 22.3 Å². The Hall–Kier alpha value is -2.34. The number of aromatic amines is 1. The Morgan fingerprint density at radius 2 is 2.18 bits per heavy atom. The van der Waals surface area contributed by atoms with Gasteiger partial charge in [0.1, 0.15) is 0 Å². The van der Waals surface area contributed by atoms with Crippen molar-refractivity contribution < 1.29 is 9.53 Å². The average Bonchev–Trinajstić information content (AvgIpc) is 3.14. The van der Waals surface area contributed by atoms with Crippen molar-refractivity contribution in [2.24, 2.45) is 0 Å². The number of urea groups is 1. The minimum absolute atomic E-state index is 0.144. The summed E-state index contributed by atoms with van der Waals surface area (Å²) in [6.45, 7) is 1.29. The van der Waals surface area contributed by atoms with Crippen LogP contribution in [0.25, 0.3) is 0 Å². The number of benzene rings is 1. The lowest BCUT2D eigenvalue weighted by Crippen LogP contribution is -2.41. The molecule has 2 aromatic rings. The summed E-state index contributed by atoms with van der Waals surface area (Å²) in [5, 5.41) is 13.0. The summed E-state index contributed by atoms with van der Waals surface area (Å²) in [6.07, 6.45) is 4.57. The smallest absolute Gasteiger partial charge is 0.319 e. The summed E-state index contributed by atoms with van der Waals surface area (Å²) < 4.78 is 5.38. The van der Waals surface area contributed by atoms with Crippen LogP contribution in [0, 0.1) is 0 Å². The molecule has 2 aliphatic rings. The Labute approximate surface area is 128 Å². The van der Waals surface area contributed by atoms with E-state index in [2.05, 4.69) is 20.8 Å². The monoisotopic (exact) mass is 298 g/mol. The van der Waals surface area contributed by atoms with E-state index < -0.39 is 0 Å². The quantitative estimate of drug-likeness (QED) is 0.794. The lowest BCUT2D eigenvalue weighted by atomic mass is 9.94. The predicted molar refractivity (Wildman–Crippen MR) is 81.5 cm³/mol. The number of carbonyl (C=O) groups excluding carboxylic acids is 1. The number of H-pyrrole nitrogens is 1. The van der Waals surface area contributed by atoms with Crippen molar-refractivity contribution in [2.45, 2.75) is 38.5 Å². The summed E-state index contributed by atoms with van der Waals surface area (Å²) in [4.78, 5) is 12.2. The molecule has 0 spiro atoms. The largest absolute Gasteiger partial charge is 0.372 e. The van der Waals surface area contributed by atoms with Crippen LogP contribution < -0.4 is 10.6 Å². The molecule has 1 aliphatic carbocycles. The first kappa shape index (κ1) is 13.3. The van der Waals surface area contributed by atoms with Gasteiger partial charge in [-0.05, 0) is 41.7 Å². The molecule has 6 heteroatoms. The number of ether oxygens (including phenoxy) is 1. The first-order valence-corrected chi connectivity index (χ1v) is 7.56. The van der Waals surface area contributed by atoms with E-state index in [1.54, 1.807) is 0 Å². The molecule has 3 N–H and O–H groups in total. The second-order valence-corrected chi connectivity index (χ2v) is 5.89. The zero-order chi connectivity index (χ0) is 14.9. The number of hydrogen-bond donors (Lipinski definition) is 3. The normalized spacial score (nSPS) is 19.4. The van der Waals surface area contributed by atoms with Crippen molar-refractivity contribution in [3.05, 3.63) is 46.8 Å². The molecular formula is C16H18N4O2.